The van der Waals surface area contributed by atoms with Crippen LogP contribution in [0.5, 0.6) is 0 Å². The topological polar surface area (TPSA) is 73.1 Å². The van der Waals surface area contributed by atoms with Crippen molar-refractivity contribution < 1.29 is 12.8 Å². The maximum Gasteiger partial charge on any atom is 0.328 e. The number of aromatic nitrogens is 2. The summed E-state index contributed by atoms with van der Waals surface area (Å²) in [6.07, 6.45) is 0. The van der Waals surface area contributed by atoms with Crippen molar-refractivity contribution in [2.24, 2.45) is 14.1 Å². The average Bonchev–Trinajstić information content (AvgIpc) is 2.94. The lowest BCUT2D eigenvalue weighted by Gasteiger charge is -2.14. The van der Waals surface area contributed by atoms with Gasteiger partial charge >= 0.3 is 5.69 Å². The first-order valence-electron chi connectivity index (χ1n) is 9.07. The summed E-state index contributed by atoms with van der Waals surface area (Å²) in [6, 6.07) is 15.0. The first-order valence-corrected chi connectivity index (χ1v) is 11.7. The molecule has 10 heteroatoms. The van der Waals surface area contributed by atoms with E-state index in [1.165, 1.54) is 57.3 Å². The van der Waals surface area contributed by atoms with Crippen LogP contribution in [0.2, 0.25) is 5.02 Å². The van der Waals surface area contributed by atoms with Crippen molar-refractivity contribution >= 4 is 50.1 Å². The van der Waals surface area contributed by atoms with Crippen LogP contribution in [-0.4, -0.2) is 17.6 Å². The molecule has 0 atom stereocenters. The highest BCUT2D eigenvalue weighted by Gasteiger charge is 2.19. The van der Waals surface area contributed by atoms with Crippen LogP contribution in [0.15, 0.2) is 80.1 Å². The van der Waals surface area contributed by atoms with E-state index in [0.717, 1.165) is 0 Å². The van der Waals surface area contributed by atoms with Gasteiger partial charge in [-0.2, -0.15) is 0 Å². The summed E-state index contributed by atoms with van der Waals surface area (Å²) in [7, 11) is -0.645. The molecule has 0 aliphatic carbocycles. The fourth-order valence-electron chi connectivity index (χ4n) is 3.14. The third kappa shape index (κ3) is 4.21. The number of halogens is 2. The summed E-state index contributed by atoms with van der Waals surface area (Å²) in [5.41, 5.74) is 1.29. The number of aryl methyl sites for hydroxylation is 2. The second-order valence-corrected chi connectivity index (χ2v) is 10.1. The molecule has 0 aliphatic rings. The van der Waals surface area contributed by atoms with E-state index in [1.807, 2.05) is 0 Å². The van der Waals surface area contributed by atoms with Gasteiger partial charge in [0.25, 0.3) is 10.0 Å². The maximum absolute atomic E-state index is 13.3. The Bertz CT molecular complexity index is 1440. The van der Waals surface area contributed by atoms with Crippen LogP contribution < -0.4 is 10.4 Å². The molecule has 0 aliphatic heterocycles. The summed E-state index contributed by atoms with van der Waals surface area (Å²) in [4.78, 5) is 13.7. The number of rotatable bonds is 5. The van der Waals surface area contributed by atoms with E-state index in [-0.39, 0.29) is 16.4 Å². The number of sulfonamides is 1. The molecular formula is C21H17ClFN3O3S2. The average molecular weight is 478 g/mol. The molecule has 160 valence electrons. The SMILES string of the molecule is Cn1c(=O)n(C)c2cc(Sc3ccc(F)cc3)c(NS(=O)(=O)c3ccc(Cl)cc3)cc21. The van der Waals surface area contributed by atoms with Gasteiger partial charge in [-0.1, -0.05) is 23.4 Å². The first kappa shape index (κ1) is 21.5. The second kappa shape index (κ2) is 8.07. The van der Waals surface area contributed by atoms with Crippen LogP contribution in [0.25, 0.3) is 11.0 Å². The van der Waals surface area contributed by atoms with E-state index in [2.05, 4.69) is 4.72 Å². The van der Waals surface area contributed by atoms with E-state index in [9.17, 15) is 17.6 Å². The Kier molecular flexibility index (Phi) is 5.59. The van der Waals surface area contributed by atoms with E-state index >= 15 is 0 Å². The lowest BCUT2D eigenvalue weighted by molar-refractivity contribution is 0.601. The summed E-state index contributed by atoms with van der Waals surface area (Å²) < 4.78 is 44.8. The van der Waals surface area contributed by atoms with Crippen molar-refractivity contribution in [3.8, 4) is 0 Å². The monoisotopic (exact) mass is 477 g/mol. The number of imidazole rings is 1. The van der Waals surface area contributed by atoms with Gasteiger partial charge in [-0.3, -0.25) is 13.9 Å². The Morgan fingerprint density at radius 3 is 2.13 bits per heavy atom. The zero-order valence-electron chi connectivity index (χ0n) is 16.5. The predicted molar refractivity (Wildman–Crippen MR) is 121 cm³/mol. The van der Waals surface area contributed by atoms with Crippen LogP contribution in [0, 0.1) is 5.82 Å². The molecule has 0 fully saturated rings. The standard InChI is InChI=1S/C21H17ClFN3O3S2/c1-25-18-11-17(24-31(28,29)16-9-3-13(22)4-10-16)20(12-19(18)26(2)21(25)27)30-15-7-5-14(23)6-8-15/h3-12,24H,1-2H3. The zero-order chi connectivity index (χ0) is 22.3. The smallest absolute Gasteiger partial charge is 0.295 e. The minimum absolute atomic E-state index is 0.0525. The molecule has 3 aromatic carbocycles. The normalized spacial score (nSPS) is 11.7. The summed E-state index contributed by atoms with van der Waals surface area (Å²) in [6.45, 7) is 0. The predicted octanol–water partition coefficient (Wildman–Crippen LogP) is 4.62. The summed E-state index contributed by atoms with van der Waals surface area (Å²) in [5, 5.41) is 0.423. The lowest BCUT2D eigenvalue weighted by atomic mass is 10.3. The molecule has 0 bridgehead atoms. The fourth-order valence-corrected chi connectivity index (χ4v) is 5.32. The third-order valence-corrected chi connectivity index (χ3v) is 7.48. The highest BCUT2D eigenvalue weighted by Crippen LogP contribution is 2.37. The van der Waals surface area contributed by atoms with Gasteiger partial charge in [0.2, 0.25) is 0 Å². The number of nitrogens with zero attached hydrogens (tertiary/aromatic N) is 2. The molecule has 1 N–H and O–H groups in total. The molecule has 1 heterocycles. The molecule has 0 saturated heterocycles. The number of benzene rings is 3. The Hall–Kier alpha value is -2.75. The Morgan fingerprint density at radius 1 is 0.935 bits per heavy atom. The minimum atomic E-state index is -3.91. The van der Waals surface area contributed by atoms with E-state index in [1.54, 1.807) is 38.4 Å². The number of nitrogens with one attached hydrogen (secondary N) is 1. The summed E-state index contributed by atoms with van der Waals surface area (Å²) in [5.74, 6) is -0.367. The highest BCUT2D eigenvalue weighted by atomic mass is 35.5. The van der Waals surface area contributed by atoms with E-state index in [0.29, 0.717) is 31.5 Å². The molecule has 0 radical (unpaired) electrons. The highest BCUT2D eigenvalue weighted by molar-refractivity contribution is 7.99. The fraction of sp³-hybridized carbons (Fsp3) is 0.0952. The number of hydrogen-bond donors (Lipinski definition) is 1. The van der Waals surface area contributed by atoms with Gasteiger partial charge in [-0.05, 0) is 60.7 Å². The number of fused-ring (bicyclic) bond motifs is 1. The van der Waals surface area contributed by atoms with Gasteiger partial charge in [0.15, 0.2) is 0 Å². The first-order chi connectivity index (χ1) is 14.7. The van der Waals surface area contributed by atoms with E-state index < -0.39 is 10.0 Å². The molecule has 6 nitrogen and oxygen atoms in total. The largest absolute Gasteiger partial charge is 0.328 e. The van der Waals surface area contributed by atoms with Crippen LogP contribution in [0.3, 0.4) is 0 Å². The molecule has 1 aromatic heterocycles. The quantitative estimate of drug-likeness (QED) is 0.455. The van der Waals surface area contributed by atoms with Gasteiger partial charge in [-0.25, -0.2) is 17.6 Å². The number of hydrogen-bond acceptors (Lipinski definition) is 4. The van der Waals surface area contributed by atoms with Gasteiger partial charge in [-0.15, -0.1) is 0 Å². The molecular weight excluding hydrogens is 461 g/mol. The molecule has 4 rings (SSSR count). The van der Waals surface area contributed by atoms with Crippen LogP contribution >= 0.6 is 23.4 Å². The van der Waals surface area contributed by atoms with Gasteiger partial charge in [0.05, 0.1) is 21.6 Å². The van der Waals surface area contributed by atoms with Crippen molar-refractivity contribution in [2.45, 2.75) is 14.7 Å². The maximum atomic E-state index is 13.3. The molecule has 31 heavy (non-hydrogen) atoms. The lowest BCUT2D eigenvalue weighted by Crippen LogP contribution is -2.19. The Balaban J connectivity index is 1.85. The number of anilines is 1. The van der Waals surface area contributed by atoms with Crippen molar-refractivity contribution in [3.05, 3.63) is 82.0 Å². The molecule has 4 aromatic rings. The van der Waals surface area contributed by atoms with Crippen LogP contribution in [-0.2, 0) is 24.1 Å². The third-order valence-electron chi connectivity index (χ3n) is 4.78. The van der Waals surface area contributed by atoms with Crippen LogP contribution in [0.4, 0.5) is 10.1 Å². The molecule has 0 amide bonds. The Labute approximate surface area is 187 Å². The van der Waals surface area contributed by atoms with Gasteiger partial charge in [0, 0.05) is 28.9 Å². The van der Waals surface area contributed by atoms with Crippen molar-refractivity contribution in [2.75, 3.05) is 4.72 Å². The molecule has 0 unspecified atom stereocenters. The van der Waals surface area contributed by atoms with E-state index in [4.69, 9.17) is 11.6 Å². The van der Waals surface area contributed by atoms with Crippen molar-refractivity contribution in [3.63, 3.8) is 0 Å². The van der Waals surface area contributed by atoms with Gasteiger partial charge in [0.1, 0.15) is 5.82 Å². The summed E-state index contributed by atoms with van der Waals surface area (Å²) >= 11 is 7.13. The zero-order valence-corrected chi connectivity index (χ0v) is 18.9. The minimum Gasteiger partial charge on any atom is -0.295 e. The Morgan fingerprint density at radius 2 is 1.52 bits per heavy atom. The van der Waals surface area contributed by atoms with Gasteiger partial charge < -0.3 is 0 Å². The van der Waals surface area contributed by atoms with Crippen molar-refractivity contribution in [1.29, 1.82) is 0 Å². The second-order valence-electron chi connectivity index (χ2n) is 6.85. The molecule has 0 saturated carbocycles. The van der Waals surface area contributed by atoms with Crippen molar-refractivity contribution in [1.82, 2.24) is 9.13 Å². The van der Waals surface area contributed by atoms with Crippen LogP contribution in [0.1, 0.15) is 0 Å². The molecule has 0 spiro atoms.